The standard InChI is InChI=1S/C13H11Cl2N5S/c1-5(13-19-11(15)9(21)12(16)20-13)7-4-6-2-3-17-8(6)10(14)18-7/h2-5,12,17H,16H2,1H3. The van der Waals surface area contributed by atoms with Crippen LogP contribution in [0.4, 0.5) is 0 Å². The predicted molar refractivity (Wildman–Crippen MR) is 90.8 cm³/mol. The molecule has 0 fully saturated rings. The molecule has 1 aliphatic rings. The molecule has 5 nitrogen and oxygen atoms in total. The summed E-state index contributed by atoms with van der Waals surface area (Å²) in [7, 11) is 0. The summed E-state index contributed by atoms with van der Waals surface area (Å²) in [6, 6.07) is 3.87. The molecule has 0 saturated carbocycles. The molecule has 0 spiro atoms. The Hall–Kier alpha value is -1.34. The predicted octanol–water partition coefficient (Wildman–Crippen LogP) is 3.02. The van der Waals surface area contributed by atoms with Crippen LogP contribution in [0.2, 0.25) is 5.15 Å². The SMILES string of the molecule is CC(C1=NC(N)C(=S)C(Cl)=N1)c1cc2cc[nH]c2c(Cl)n1. The maximum atomic E-state index is 6.18. The van der Waals surface area contributed by atoms with Crippen molar-refractivity contribution in [2.75, 3.05) is 0 Å². The zero-order valence-electron chi connectivity index (χ0n) is 11.0. The first-order valence-electron chi connectivity index (χ1n) is 6.22. The van der Waals surface area contributed by atoms with Crippen LogP contribution in [0.3, 0.4) is 0 Å². The number of nitrogens with zero attached hydrogens (tertiary/aromatic N) is 3. The van der Waals surface area contributed by atoms with E-state index in [2.05, 4.69) is 20.0 Å². The first-order valence-corrected chi connectivity index (χ1v) is 7.39. The molecule has 0 bridgehead atoms. The normalized spacial score (nSPS) is 20.4. The van der Waals surface area contributed by atoms with Gasteiger partial charge in [-0.3, -0.25) is 0 Å². The number of hydrogen-bond donors (Lipinski definition) is 2. The molecular formula is C13H11Cl2N5S. The second kappa shape index (κ2) is 5.46. The monoisotopic (exact) mass is 339 g/mol. The molecular weight excluding hydrogens is 329 g/mol. The highest BCUT2D eigenvalue weighted by atomic mass is 35.5. The van der Waals surface area contributed by atoms with Crippen LogP contribution in [0.5, 0.6) is 0 Å². The Morgan fingerprint density at radius 3 is 2.90 bits per heavy atom. The smallest absolute Gasteiger partial charge is 0.153 e. The minimum Gasteiger partial charge on any atom is -0.359 e. The van der Waals surface area contributed by atoms with Crippen molar-refractivity contribution in [2.45, 2.75) is 19.0 Å². The van der Waals surface area contributed by atoms with Gasteiger partial charge in [-0.15, -0.1) is 0 Å². The van der Waals surface area contributed by atoms with Gasteiger partial charge in [0.2, 0.25) is 0 Å². The van der Waals surface area contributed by atoms with E-state index in [1.807, 2.05) is 25.3 Å². The molecule has 108 valence electrons. The Balaban J connectivity index is 2.02. The number of hydrogen-bond acceptors (Lipinski definition) is 5. The van der Waals surface area contributed by atoms with Gasteiger partial charge >= 0.3 is 0 Å². The van der Waals surface area contributed by atoms with Crippen LogP contribution >= 0.6 is 35.4 Å². The van der Waals surface area contributed by atoms with Gasteiger partial charge in [-0.2, -0.15) is 0 Å². The van der Waals surface area contributed by atoms with E-state index in [1.165, 1.54) is 0 Å². The van der Waals surface area contributed by atoms with Gasteiger partial charge in [-0.1, -0.05) is 35.4 Å². The van der Waals surface area contributed by atoms with E-state index in [0.717, 1.165) is 16.6 Å². The second-order valence-electron chi connectivity index (χ2n) is 4.70. The fraction of sp³-hybridized carbons (Fsp3) is 0.231. The van der Waals surface area contributed by atoms with Crippen LogP contribution in [-0.2, 0) is 0 Å². The van der Waals surface area contributed by atoms with Gasteiger partial charge < -0.3 is 10.7 Å². The third kappa shape index (κ3) is 2.60. The number of halogens is 2. The molecule has 0 aliphatic carbocycles. The summed E-state index contributed by atoms with van der Waals surface area (Å²) in [4.78, 5) is 16.3. The average molecular weight is 340 g/mol. The summed E-state index contributed by atoms with van der Waals surface area (Å²) in [6.07, 6.45) is 1.17. The van der Waals surface area contributed by atoms with Crippen molar-refractivity contribution in [3.8, 4) is 0 Å². The quantitative estimate of drug-likeness (QED) is 0.651. The van der Waals surface area contributed by atoms with Crippen molar-refractivity contribution >= 4 is 62.2 Å². The van der Waals surface area contributed by atoms with Crippen molar-refractivity contribution in [1.29, 1.82) is 0 Å². The van der Waals surface area contributed by atoms with Gasteiger partial charge in [0.25, 0.3) is 0 Å². The van der Waals surface area contributed by atoms with E-state index in [1.54, 1.807) is 0 Å². The molecule has 0 amide bonds. The first kappa shape index (κ1) is 14.6. The van der Waals surface area contributed by atoms with Gasteiger partial charge in [0, 0.05) is 11.6 Å². The molecule has 3 rings (SSSR count). The third-order valence-corrected chi connectivity index (χ3v) is 4.41. The van der Waals surface area contributed by atoms with E-state index < -0.39 is 6.17 Å². The van der Waals surface area contributed by atoms with Crippen molar-refractivity contribution < 1.29 is 0 Å². The van der Waals surface area contributed by atoms with E-state index in [9.17, 15) is 0 Å². The zero-order valence-corrected chi connectivity index (χ0v) is 13.3. The summed E-state index contributed by atoms with van der Waals surface area (Å²) in [5.41, 5.74) is 7.39. The minimum absolute atomic E-state index is 0.190. The number of pyridine rings is 1. The molecule has 0 saturated heterocycles. The average Bonchev–Trinajstić information content (AvgIpc) is 2.92. The fourth-order valence-electron chi connectivity index (χ4n) is 2.11. The molecule has 0 radical (unpaired) electrons. The molecule has 2 aromatic heterocycles. The Bertz CT molecular complexity index is 795. The number of H-pyrrole nitrogens is 1. The fourth-order valence-corrected chi connectivity index (χ4v) is 2.67. The Labute approximate surface area is 136 Å². The zero-order chi connectivity index (χ0) is 15.1. The molecule has 0 aromatic carbocycles. The lowest BCUT2D eigenvalue weighted by atomic mass is 10.0. The van der Waals surface area contributed by atoms with Gasteiger partial charge in [-0.05, 0) is 19.1 Å². The molecule has 2 unspecified atom stereocenters. The number of aromatic nitrogens is 2. The Kier molecular flexibility index (Phi) is 3.79. The topological polar surface area (TPSA) is 79.4 Å². The summed E-state index contributed by atoms with van der Waals surface area (Å²) in [5, 5.41) is 1.59. The number of thiocarbonyl (C=S) groups is 1. The van der Waals surface area contributed by atoms with Gasteiger partial charge in [0.15, 0.2) is 5.15 Å². The number of nitrogens with one attached hydrogen (secondary N) is 1. The maximum Gasteiger partial charge on any atom is 0.153 e. The van der Waals surface area contributed by atoms with E-state index >= 15 is 0 Å². The van der Waals surface area contributed by atoms with Gasteiger partial charge in [0.1, 0.15) is 17.2 Å². The van der Waals surface area contributed by atoms with Crippen LogP contribution in [-0.4, -0.2) is 32.0 Å². The number of amidine groups is 1. The van der Waals surface area contributed by atoms with Gasteiger partial charge in [-0.25, -0.2) is 15.0 Å². The van der Waals surface area contributed by atoms with Crippen LogP contribution in [0.1, 0.15) is 18.5 Å². The molecule has 3 N–H and O–H groups in total. The minimum atomic E-state index is -0.645. The molecule has 1 aliphatic heterocycles. The largest absolute Gasteiger partial charge is 0.359 e. The summed E-state index contributed by atoms with van der Waals surface area (Å²) in [5.74, 6) is 0.309. The maximum absolute atomic E-state index is 6.18. The van der Waals surface area contributed by atoms with Crippen molar-refractivity contribution in [2.24, 2.45) is 15.7 Å². The molecule has 3 heterocycles. The van der Waals surface area contributed by atoms with E-state index in [-0.39, 0.29) is 11.1 Å². The summed E-state index contributed by atoms with van der Waals surface area (Å²) < 4.78 is 0. The lowest BCUT2D eigenvalue weighted by Gasteiger charge is -2.19. The van der Waals surface area contributed by atoms with E-state index in [0.29, 0.717) is 15.9 Å². The highest BCUT2D eigenvalue weighted by Crippen LogP contribution is 2.26. The van der Waals surface area contributed by atoms with E-state index in [4.69, 9.17) is 41.2 Å². The lowest BCUT2D eigenvalue weighted by Crippen LogP contribution is -2.36. The van der Waals surface area contributed by atoms with Crippen molar-refractivity contribution in [1.82, 2.24) is 9.97 Å². The summed E-state index contributed by atoms with van der Waals surface area (Å²) >= 11 is 17.2. The third-order valence-electron chi connectivity index (χ3n) is 3.30. The highest BCUT2D eigenvalue weighted by Gasteiger charge is 2.24. The van der Waals surface area contributed by atoms with Gasteiger partial charge in [0.05, 0.1) is 22.0 Å². The Morgan fingerprint density at radius 2 is 2.19 bits per heavy atom. The Morgan fingerprint density at radius 1 is 1.43 bits per heavy atom. The number of rotatable bonds is 2. The molecule has 8 heteroatoms. The second-order valence-corrected chi connectivity index (χ2v) is 5.86. The molecule has 2 aromatic rings. The molecule has 21 heavy (non-hydrogen) atoms. The highest BCUT2D eigenvalue weighted by molar-refractivity contribution is 7.82. The summed E-state index contributed by atoms with van der Waals surface area (Å²) in [6.45, 7) is 1.92. The van der Waals surface area contributed by atoms with Crippen LogP contribution in [0.25, 0.3) is 10.9 Å². The number of aliphatic imine (C=N–C) groups is 2. The number of aromatic amines is 1. The van der Waals surface area contributed by atoms with Crippen molar-refractivity contribution in [3.63, 3.8) is 0 Å². The first-order chi connectivity index (χ1) is 9.97. The number of fused-ring (bicyclic) bond motifs is 1. The van der Waals surface area contributed by atoms with Crippen LogP contribution < -0.4 is 5.73 Å². The molecule has 2 atom stereocenters. The van der Waals surface area contributed by atoms with Crippen LogP contribution in [0.15, 0.2) is 28.3 Å². The van der Waals surface area contributed by atoms with Crippen LogP contribution in [0, 0.1) is 0 Å². The lowest BCUT2D eigenvalue weighted by molar-refractivity contribution is 0.878. The van der Waals surface area contributed by atoms with Crippen molar-refractivity contribution in [3.05, 3.63) is 29.2 Å². The number of nitrogens with two attached hydrogens (primary N) is 1.